The molecule has 0 heterocycles. The minimum atomic E-state index is -0.213. The molecular formula is C18H30N2O3. The van der Waals surface area contributed by atoms with Gasteiger partial charge in [0.1, 0.15) is 0 Å². The number of ether oxygens (including phenoxy) is 2. The van der Waals surface area contributed by atoms with Gasteiger partial charge in [0.15, 0.2) is 11.5 Å². The van der Waals surface area contributed by atoms with Crippen LogP contribution >= 0.6 is 0 Å². The lowest BCUT2D eigenvalue weighted by molar-refractivity contribution is 0.238. The maximum atomic E-state index is 11.9. The standard InChI is InChI=1S/C18H30N2O3/c1-13(2)9-10-19-17(21)20-12-18(3,4)14-7-8-15(22-5)16(11-14)23-6/h7-8,11,13H,9-10,12H2,1-6H3,(H2,19,20,21). The lowest BCUT2D eigenvalue weighted by Gasteiger charge is -2.26. The highest BCUT2D eigenvalue weighted by Crippen LogP contribution is 2.32. The molecule has 0 aliphatic carbocycles. The van der Waals surface area contributed by atoms with Crippen LogP contribution in [0.25, 0.3) is 0 Å². The number of rotatable bonds is 8. The highest BCUT2D eigenvalue weighted by atomic mass is 16.5. The van der Waals surface area contributed by atoms with Gasteiger partial charge in [0, 0.05) is 18.5 Å². The molecule has 0 saturated heterocycles. The van der Waals surface area contributed by atoms with E-state index in [2.05, 4.69) is 38.3 Å². The van der Waals surface area contributed by atoms with Crippen LogP contribution in [0.15, 0.2) is 18.2 Å². The molecule has 0 aliphatic heterocycles. The van der Waals surface area contributed by atoms with Gasteiger partial charge >= 0.3 is 6.03 Å². The van der Waals surface area contributed by atoms with E-state index >= 15 is 0 Å². The Labute approximate surface area is 139 Å². The molecule has 0 saturated carbocycles. The van der Waals surface area contributed by atoms with Crippen LogP contribution in [0.5, 0.6) is 11.5 Å². The molecule has 5 heteroatoms. The van der Waals surface area contributed by atoms with Gasteiger partial charge < -0.3 is 20.1 Å². The molecule has 0 aliphatic rings. The van der Waals surface area contributed by atoms with E-state index in [0.29, 0.717) is 30.5 Å². The fourth-order valence-corrected chi connectivity index (χ4v) is 2.20. The molecule has 1 rings (SSSR count). The van der Waals surface area contributed by atoms with Crippen LogP contribution in [-0.4, -0.2) is 33.3 Å². The summed E-state index contributed by atoms with van der Waals surface area (Å²) < 4.78 is 10.6. The van der Waals surface area contributed by atoms with Gasteiger partial charge in [0.05, 0.1) is 14.2 Å². The van der Waals surface area contributed by atoms with Gasteiger partial charge in [-0.2, -0.15) is 0 Å². The molecule has 0 unspecified atom stereocenters. The predicted molar refractivity (Wildman–Crippen MR) is 93.4 cm³/mol. The van der Waals surface area contributed by atoms with E-state index < -0.39 is 0 Å². The van der Waals surface area contributed by atoms with Crippen LogP contribution in [0.2, 0.25) is 0 Å². The molecule has 1 aromatic carbocycles. The number of hydrogen-bond donors (Lipinski definition) is 2. The molecule has 130 valence electrons. The predicted octanol–water partition coefficient (Wildman–Crippen LogP) is 3.33. The van der Waals surface area contributed by atoms with E-state index in [1.807, 2.05) is 18.2 Å². The van der Waals surface area contributed by atoms with Gasteiger partial charge in [-0.25, -0.2) is 4.79 Å². The maximum Gasteiger partial charge on any atom is 0.314 e. The number of carbonyl (C=O) groups excluding carboxylic acids is 1. The number of nitrogens with one attached hydrogen (secondary N) is 2. The Morgan fingerprint density at radius 2 is 1.78 bits per heavy atom. The summed E-state index contributed by atoms with van der Waals surface area (Å²) in [6.07, 6.45) is 0.979. The van der Waals surface area contributed by atoms with Crippen molar-refractivity contribution in [2.45, 2.75) is 39.5 Å². The molecule has 1 aromatic rings. The molecule has 0 atom stereocenters. The number of methoxy groups -OCH3 is 2. The lowest BCUT2D eigenvalue weighted by Crippen LogP contribution is -2.42. The van der Waals surface area contributed by atoms with E-state index in [4.69, 9.17) is 9.47 Å². The lowest BCUT2D eigenvalue weighted by atomic mass is 9.84. The molecule has 2 amide bonds. The van der Waals surface area contributed by atoms with E-state index in [1.54, 1.807) is 14.2 Å². The summed E-state index contributed by atoms with van der Waals surface area (Å²) in [6, 6.07) is 5.72. The highest BCUT2D eigenvalue weighted by molar-refractivity contribution is 5.73. The van der Waals surface area contributed by atoms with Crippen molar-refractivity contribution in [2.75, 3.05) is 27.3 Å². The van der Waals surface area contributed by atoms with Gasteiger partial charge in [-0.3, -0.25) is 0 Å². The third kappa shape index (κ3) is 6.00. The van der Waals surface area contributed by atoms with Crippen molar-refractivity contribution < 1.29 is 14.3 Å². The Kier molecular flexibility index (Phi) is 7.20. The van der Waals surface area contributed by atoms with Crippen LogP contribution in [-0.2, 0) is 5.41 Å². The summed E-state index contributed by atoms with van der Waals surface area (Å²) in [5.41, 5.74) is 0.868. The zero-order valence-corrected chi connectivity index (χ0v) is 15.2. The van der Waals surface area contributed by atoms with Crippen LogP contribution in [0.1, 0.15) is 39.7 Å². The average Bonchev–Trinajstić information content (AvgIpc) is 2.52. The molecule has 0 aromatic heterocycles. The van der Waals surface area contributed by atoms with Crippen molar-refractivity contribution in [1.82, 2.24) is 10.6 Å². The summed E-state index contributed by atoms with van der Waals surface area (Å²) in [5.74, 6) is 1.98. The second kappa shape index (κ2) is 8.65. The smallest absolute Gasteiger partial charge is 0.314 e. The zero-order valence-electron chi connectivity index (χ0n) is 15.2. The van der Waals surface area contributed by atoms with Gasteiger partial charge in [-0.1, -0.05) is 33.8 Å². The SMILES string of the molecule is COc1ccc(C(C)(C)CNC(=O)NCCC(C)C)cc1OC. The van der Waals surface area contributed by atoms with Gasteiger partial charge in [0.2, 0.25) is 0 Å². The van der Waals surface area contributed by atoms with E-state index in [9.17, 15) is 4.79 Å². The molecule has 0 spiro atoms. The van der Waals surface area contributed by atoms with Crippen molar-refractivity contribution in [3.05, 3.63) is 23.8 Å². The number of urea groups is 1. The molecule has 0 bridgehead atoms. The number of benzene rings is 1. The third-order valence-electron chi connectivity index (χ3n) is 3.86. The second-order valence-corrected chi connectivity index (χ2v) is 6.75. The minimum Gasteiger partial charge on any atom is -0.493 e. The Hall–Kier alpha value is -1.91. The Morgan fingerprint density at radius 1 is 1.13 bits per heavy atom. The van der Waals surface area contributed by atoms with E-state index in [-0.39, 0.29) is 11.4 Å². The topological polar surface area (TPSA) is 59.6 Å². The summed E-state index contributed by atoms with van der Waals surface area (Å²) in [7, 11) is 3.24. The van der Waals surface area contributed by atoms with Crippen LogP contribution < -0.4 is 20.1 Å². The van der Waals surface area contributed by atoms with Crippen molar-refractivity contribution in [1.29, 1.82) is 0 Å². The minimum absolute atomic E-state index is 0.126. The fourth-order valence-electron chi connectivity index (χ4n) is 2.20. The van der Waals surface area contributed by atoms with Crippen molar-refractivity contribution in [3.63, 3.8) is 0 Å². The third-order valence-corrected chi connectivity index (χ3v) is 3.86. The Balaban J connectivity index is 2.63. The molecular weight excluding hydrogens is 292 g/mol. The maximum absolute atomic E-state index is 11.9. The summed E-state index contributed by atoms with van der Waals surface area (Å²) >= 11 is 0. The van der Waals surface area contributed by atoms with Gasteiger partial charge in [-0.15, -0.1) is 0 Å². The van der Waals surface area contributed by atoms with E-state index in [1.165, 1.54) is 0 Å². The van der Waals surface area contributed by atoms with Crippen molar-refractivity contribution in [2.24, 2.45) is 5.92 Å². The van der Waals surface area contributed by atoms with Crippen LogP contribution in [0.4, 0.5) is 4.79 Å². The quantitative estimate of drug-likeness (QED) is 0.772. The first kappa shape index (κ1) is 19.1. The molecule has 23 heavy (non-hydrogen) atoms. The molecule has 0 fully saturated rings. The molecule has 5 nitrogen and oxygen atoms in total. The second-order valence-electron chi connectivity index (χ2n) is 6.75. The largest absolute Gasteiger partial charge is 0.493 e. The van der Waals surface area contributed by atoms with E-state index in [0.717, 1.165) is 12.0 Å². The monoisotopic (exact) mass is 322 g/mol. The average molecular weight is 322 g/mol. The van der Waals surface area contributed by atoms with Gasteiger partial charge in [0.25, 0.3) is 0 Å². The number of carbonyl (C=O) groups is 1. The Morgan fingerprint density at radius 3 is 2.35 bits per heavy atom. The first-order valence-corrected chi connectivity index (χ1v) is 8.04. The number of hydrogen-bond acceptors (Lipinski definition) is 3. The highest BCUT2D eigenvalue weighted by Gasteiger charge is 2.23. The van der Waals surface area contributed by atoms with Crippen LogP contribution in [0, 0.1) is 5.92 Å². The molecule has 2 N–H and O–H groups in total. The number of amides is 2. The Bertz CT molecular complexity index is 513. The summed E-state index contributed by atoms with van der Waals surface area (Å²) in [6.45, 7) is 9.68. The summed E-state index contributed by atoms with van der Waals surface area (Å²) in [4.78, 5) is 11.9. The first-order valence-electron chi connectivity index (χ1n) is 8.04. The van der Waals surface area contributed by atoms with Crippen molar-refractivity contribution in [3.8, 4) is 11.5 Å². The zero-order chi connectivity index (χ0) is 17.5. The first-order chi connectivity index (χ1) is 10.8. The molecule has 0 radical (unpaired) electrons. The fraction of sp³-hybridized carbons (Fsp3) is 0.611. The normalized spacial score (nSPS) is 11.3. The van der Waals surface area contributed by atoms with Crippen molar-refractivity contribution >= 4 is 6.03 Å². The van der Waals surface area contributed by atoms with Crippen LogP contribution in [0.3, 0.4) is 0 Å². The summed E-state index contributed by atoms with van der Waals surface area (Å²) in [5, 5.41) is 5.82. The van der Waals surface area contributed by atoms with Gasteiger partial charge in [-0.05, 0) is 30.0 Å².